The Morgan fingerprint density at radius 2 is 2.06 bits per heavy atom. The molecule has 1 aliphatic carbocycles. The Labute approximate surface area is 107 Å². The van der Waals surface area contributed by atoms with Gasteiger partial charge in [0.2, 0.25) is 0 Å². The maximum atomic E-state index is 12.6. The van der Waals surface area contributed by atoms with Gasteiger partial charge in [-0.25, -0.2) is 0 Å². The summed E-state index contributed by atoms with van der Waals surface area (Å²) >= 11 is 1.58. The van der Waals surface area contributed by atoms with E-state index in [0.29, 0.717) is 6.61 Å². The smallest absolute Gasteiger partial charge is 0.195 e. The van der Waals surface area contributed by atoms with Crippen LogP contribution < -0.4 is 0 Å². The highest BCUT2D eigenvalue weighted by atomic mass is 32.1. The SMILES string of the molecule is CCOC1(C(=O)c2ccsc2)CCCCCC1. The predicted octanol–water partition coefficient (Wildman–Crippen LogP) is 4.06. The molecule has 0 unspecified atom stereocenters. The second kappa shape index (κ2) is 5.78. The minimum Gasteiger partial charge on any atom is -0.367 e. The molecule has 1 heterocycles. The lowest BCUT2D eigenvalue weighted by Gasteiger charge is -2.30. The van der Waals surface area contributed by atoms with E-state index >= 15 is 0 Å². The van der Waals surface area contributed by atoms with Gasteiger partial charge in [-0.15, -0.1) is 0 Å². The number of carbonyl (C=O) groups excluding carboxylic acids is 1. The van der Waals surface area contributed by atoms with Crippen LogP contribution in [0.4, 0.5) is 0 Å². The van der Waals surface area contributed by atoms with E-state index < -0.39 is 5.60 Å². The lowest BCUT2D eigenvalue weighted by atomic mass is 9.86. The molecular weight excluding hydrogens is 232 g/mol. The van der Waals surface area contributed by atoms with Gasteiger partial charge in [0, 0.05) is 17.6 Å². The lowest BCUT2D eigenvalue weighted by Crippen LogP contribution is -2.41. The molecule has 17 heavy (non-hydrogen) atoms. The molecule has 0 aliphatic heterocycles. The van der Waals surface area contributed by atoms with Gasteiger partial charge in [-0.3, -0.25) is 4.79 Å². The Hall–Kier alpha value is -0.670. The summed E-state index contributed by atoms with van der Waals surface area (Å²) in [5, 5.41) is 3.90. The number of ether oxygens (including phenoxy) is 1. The van der Waals surface area contributed by atoms with Crippen LogP contribution in [-0.2, 0) is 4.74 Å². The van der Waals surface area contributed by atoms with E-state index in [9.17, 15) is 4.79 Å². The van der Waals surface area contributed by atoms with Crippen molar-refractivity contribution < 1.29 is 9.53 Å². The highest BCUT2D eigenvalue weighted by Gasteiger charge is 2.39. The zero-order valence-electron chi connectivity index (χ0n) is 10.4. The first-order valence-electron chi connectivity index (χ1n) is 6.49. The Morgan fingerprint density at radius 3 is 2.59 bits per heavy atom. The Bertz CT molecular complexity index is 348. The number of hydrogen-bond donors (Lipinski definition) is 0. The predicted molar refractivity (Wildman–Crippen MR) is 70.7 cm³/mol. The highest BCUT2D eigenvalue weighted by Crippen LogP contribution is 2.34. The van der Waals surface area contributed by atoms with E-state index in [1.54, 1.807) is 11.3 Å². The highest BCUT2D eigenvalue weighted by molar-refractivity contribution is 7.08. The van der Waals surface area contributed by atoms with Crippen molar-refractivity contribution in [2.75, 3.05) is 6.61 Å². The minimum atomic E-state index is -0.535. The molecule has 1 aromatic rings. The van der Waals surface area contributed by atoms with Crippen LogP contribution in [0.15, 0.2) is 16.8 Å². The van der Waals surface area contributed by atoms with E-state index in [1.165, 1.54) is 12.8 Å². The fourth-order valence-corrected chi connectivity index (χ4v) is 3.31. The van der Waals surface area contributed by atoms with Crippen molar-refractivity contribution in [2.24, 2.45) is 0 Å². The number of carbonyl (C=O) groups is 1. The molecule has 0 spiro atoms. The standard InChI is InChI=1S/C14H20O2S/c1-2-16-14(8-5-3-4-6-9-14)13(15)12-7-10-17-11-12/h7,10-11H,2-6,8-9H2,1H3. The van der Waals surface area contributed by atoms with Crippen LogP contribution in [0.1, 0.15) is 55.8 Å². The van der Waals surface area contributed by atoms with Gasteiger partial charge < -0.3 is 4.74 Å². The molecule has 94 valence electrons. The lowest BCUT2D eigenvalue weighted by molar-refractivity contribution is -0.0292. The Kier molecular flexibility index (Phi) is 4.35. The minimum absolute atomic E-state index is 0.197. The van der Waals surface area contributed by atoms with Gasteiger partial charge in [0.25, 0.3) is 0 Å². The zero-order valence-corrected chi connectivity index (χ0v) is 11.2. The van der Waals surface area contributed by atoms with Gasteiger partial charge in [-0.2, -0.15) is 11.3 Å². The fourth-order valence-electron chi connectivity index (χ4n) is 2.67. The number of ketones is 1. The number of Topliss-reactive ketones (excluding diaryl/α,β-unsaturated/α-hetero) is 1. The molecule has 0 aromatic carbocycles. The summed E-state index contributed by atoms with van der Waals surface area (Å²) in [4.78, 5) is 12.6. The third-order valence-electron chi connectivity index (χ3n) is 3.53. The molecule has 0 atom stereocenters. The van der Waals surface area contributed by atoms with E-state index in [4.69, 9.17) is 4.74 Å². The van der Waals surface area contributed by atoms with Crippen LogP contribution in [0.3, 0.4) is 0 Å². The summed E-state index contributed by atoms with van der Waals surface area (Å²) in [7, 11) is 0. The number of hydrogen-bond acceptors (Lipinski definition) is 3. The molecular formula is C14H20O2S. The van der Waals surface area contributed by atoms with Gasteiger partial charge in [0.05, 0.1) is 0 Å². The van der Waals surface area contributed by atoms with Crippen LogP contribution in [-0.4, -0.2) is 18.0 Å². The van der Waals surface area contributed by atoms with Crippen LogP contribution in [0.5, 0.6) is 0 Å². The molecule has 2 nitrogen and oxygen atoms in total. The van der Waals surface area contributed by atoms with Crippen LogP contribution in [0.25, 0.3) is 0 Å². The fraction of sp³-hybridized carbons (Fsp3) is 0.643. The van der Waals surface area contributed by atoms with Crippen LogP contribution >= 0.6 is 11.3 Å². The van der Waals surface area contributed by atoms with Gasteiger partial charge in [-0.1, -0.05) is 25.7 Å². The molecule has 1 aliphatic rings. The first kappa shape index (κ1) is 12.8. The van der Waals surface area contributed by atoms with E-state index in [-0.39, 0.29) is 5.78 Å². The monoisotopic (exact) mass is 252 g/mol. The van der Waals surface area contributed by atoms with Crippen molar-refractivity contribution >= 4 is 17.1 Å². The molecule has 1 fully saturated rings. The van der Waals surface area contributed by atoms with Gasteiger partial charge in [0.1, 0.15) is 5.60 Å². The van der Waals surface area contributed by atoms with E-state index in [0.717, 1.165) is 31.2 Å². The summed E-state index contributed by atoms with van der Waals surface area (Å²) < 4.78 is 5.89. The van der Waals surface area contributed by atoms with E-state index in [1.807, 2.05) is 23.8 Å². The summed E-state index contributed by atoms with van der Waals surface area (Å²) in [6.07, 6.45) is 6.44. The summed E-state index contributed by atoms with van der Waals surface area (Å²) in [5.41, 5.74) is 0.289. The summed E-state index contributed by atoms with van der Waals surface area (Å²) in [5.74, 6) is 0.197. The molecule has 1 saturated carbocycles. The number of rotatable bonds is 4. The zero-order chi connectivity index (χ0) is 12.1. The maximum Gasteiger partial charge on any atom is 0.195 e. The summed E-state index contributed by atoms with van der Waals surface area (Å²) in [6.45, 7) is 2.60. The number of thiophene rings is 1. The van der Waals surface area contributed by atoms with Gasteiger partial charge in [-0.05, 0) is 31.2 Å². The van der Waals surface area contributed by atoms with Crippen molar-refractivity contribution in [2.45, 2.75) is 51.0 Å². The van der Waals surface area contributed by atoms with Crippen LogP contribution in [0, 0.1) is 0 Å². The normalized spacial score (nSPS) is 19.8. The Morgan fingerprint density at radius 1 is 1.35 bits per heavy atom. The third-order valence-corrected chi connectivity index (χ3v) is 4.21. The molecule has 0 N–H and O–H groups in total. The average molecular weight is 252 g/mol. The topological polar surface area (TPSA) is 26.3 Å². The summed E-state index contributed by atoms with van der Waals surface area (Å²) in [6, 6.07) is 1.92. The third kappa shape index (κ3) is 2.78. The van der Waals surface area contributed by atoms with Gasteiger partial charge >= 0.3 is 0 Å². The second-order valence-corrected chi connectivity index (χ2v) is 5.46. The molecule has 0 radical (unpaired) electrons. The first-order chi connectivity index (χ1) is 8.28. The van der Waals surface area contributed by atoms with Crippen molar-refractivity contribution in [1.82, 2.24) is 0 Å². The van der Waals surface area contributed by atoms with Crippen molar-refractivity contribution in [3.05, 3.63) is 22.4 Å². The van der Waals surface area contributed by atoms with E-state index in [2.05, 4.69) is 0 Å². The average Bonchev–Trinajstić information content (AvgIpc) is 2.76. The molecule has 3 heteroatoms. The van der Waals surface area contributed by atoms with Crippen molar-refractivity contribution in [3.63, 3.8) is 0 Å². The molecule has 0 saturated heterocycles. The molecule has 1 aromatic heterocycles. The maximum absolute atomic E-state index is 12.6. The molecule has 0 amide bonds. The molecule has 0 bridgehead atoms. The molecule has 2 rings (SSSR count). The Balaban J connectivity index is 2.22. The second-order valence-electron chi connectivity index (χ2n) is 4.68. The van der Waals surface area contributed by atoms with Crippen molar-refractivity contribution in [1.29, 1.82) is 0 Å². The van der Waals surface area contributed by atoms with Gasteiger partial charge in [0.15, 0.2) is 5.78 Å². The van der Waals surface area contributed by atoms with Crippen molar-refractivity contribution in [3.8, 4) is 0 Å². The largest absolute Gasteiger partial charge is 0.367 e. The first-order valence-corrected chi connectivity index (χ1v) is 7.44. The van der Waals surface area contributed by atoms with Crippen LogP contribution in [0.2, 0.25) is 0 Å². The quantitative estimate of drug-likeness (QED) is 0.596.